The van der Waals surface area contributed by atoms with Gasteiger partial charge in [-0.1, -0.05) is 0 Å². The van der Waals surface area contributed by atoms with Gasteiger partial charge in [-0.3, -0.25) is 0 Å². The van der Waals surface area contributed by atoms with Crippen LogP contribution < -0.4 is 11.1 Å². The van der Waals surface area contributed by atoms with Crippen LogP contribution in [-0.4, -0.2) is 21.2 Å². The molecule has 0 aliphatic carbocycles. The third-order valence-corrected chi connectivity index (χ3v) is 2.77. The van der Waals surface area contributed by atoms with Crippen molar-refractivity contribution in [2.45, 2.75) is 38.8 Å². The van der Waals surface area contributed by atoms with Crippen LogP contribution in [0.4, 0.5) is 11.5 Å². The van der Waals surface area contributed by atoms with Gasteiger partial charge in [0.1, 0.15) is 5.82 Å². The van der Waals surface area contributed by atoms with Crippen molar-refractivity contribution in [3.8, 4) is 0 Å². The van der Waals surface area contributed by atoms with Crippen molar-refractivity contribution < 1.29 is 5.11 Å². The summed E-state index contributed by atoms with van der Waals surface area (Å²) in [7, 11) is 0. The van der Waals surface area contributed by atoms with E-state index in [1.807, 2.05) is 19.9 Å². The van der Waals surface area contributed by atoms with E-state index < -0.39 is 11.1 Å². The molecule has 0 saturated carbocycles. The van der Waals surface area contributed by atoms with Crippen molar-refractivity contribution in [3.63, 3.8) is 0 Å². The highest BCUT2D eigenvalue weighted by molar-refractivity contribution is 5.47. The Morgan fingerprint density at radius 3 is 2.27 bits per heavy atom. The minimum Gasteiger partial charge on any atom is -0.388 e. The van der Waals surface area contributed by atoms with Crippen LogP contribution in [0.15, 0.2) is 18.3 Å². The monoisotopic (exact) mass is 209 g/mol. The second kappa shape index (κ2) is 3.70. The number of aromatic nitrogens is 1. The van der Waals surface area contributed by atoms with Crippen molar-refractivity contribution in [1.82, 2.24) is 4.98 Å². The van der Waals surface area contributed by atoms with Crippen LogP contribution in [0.1, 0.15) is 27.7 Å². The molecule has 0 unspecified atom stereocenters. The molecular formula is C11H19N3O. The number of hydrogen-bond acceptors (Lipinski definition) is 4. The van der Waals surface area contributed by atoms with Crippen LogP contribution in [-0.2, 0) is 0 Å². The number of nitrogens with zero attached hydrogens (tertiary/aromatic N) is 1. The molecule has 0 aromatic carbocycles. The van der Waals surface area contributed by atoms with E-state index in [4.69, 9.17) is 5.73 Å². The number of nitrogens with two attached hydrogens (primary N) is 1. The Hall–Kier alpha value is -1.29. The maximum absolute atomic E-state index is 9.95. The average Bonchev–Trinajstić information content (AvgIpc) is 2.06. The number of aliphatic hydroxyl groups is 1. The van der Waals surface area contributed by atoms with E-state index in [0.717, 1.165) is 5.69 Å². The number of pyridine rings is 1. The number of nitrogens with one attached hydrogen (secondary N) is 1. The molecule has 4 heteroatoms. The first-order valence-corrected chi connectivity index (χ1v) is 4.94. The van der Waals surface area contributed by atoms with E-state index in [2.05, 4.69) is 10.3 Å². The van der Waals surface area contributed by atoms with E-state index in [0.29, 0.717) is 5.82 Å². The number of nitrogen functional groups attached to an aromatic ring is 1. The fourth-order valence-electron chi connectivity index (χ4n) is 0.993. The summed E-state index contributed by atoms with van der Waals surface area (Å²) in [5, 5.41) is 13.2. The molecule has 0 atom stereocenters. The van der Waals surface area contributed by atoms with Crippen LogP contribution in [0.25, 0.3) is 0 Å². The lowest BCUT2D eigenvalue weighted by atomic mass is 9.86. The summed E-state index contributed by atoms with van der Waals surface area (Å²) in [4.78, 5) is 3.98. The molecule has 1 rings (SSSR count). The molecule has 4 N–H and O–H groups in total. The standard InChI is InChI=1S/C11H19N3O/c1-10(2,11(3,4)15)14-8-5-6-9(12)13-7-8/h5-7,14-15H,1-4H3,(H2,12,13). The Morgan fingerprint density at radius 2 is 1.87 bits per heavy atom. The van der Waals surface area contributed by atoms with E-state index in [9.17, 15) is 5.11 Å². The smallest absolute Gasteiger partial charge is 0.123 e. The van der Waals surface area contributed by atoms with Crippen LogP contribution in [0.2, 0.25) is 0 Å². The molecule has 0 aliphatic rings. The topological polar surface area (TPSA) is 71.2 Å². The van der Waals surface area contributed by atoms with Gasteiger partial charge >= 0.3 is 0 Å². The van der Waals surface area contributed by atoms with Gasteiger partial charge in [0.2, 0.25) is 0 Å². The Bertz CT molecular complexity index is 325. The molecule has 15 heavy (non-hydrogen) atoms. The molecule has 1 heterocycles. The van der Waals surface area contributed by atoms with Crippen molar-refractivity contribution in [2.75, 3.05) is 11.1 Å². The van der Waals surface area contributed by atoms with Crippen LogP contribution in [0, 0.1) is 0 Å². The summed E-state index contributed by atoms with van der Waals surface area (Å²) >= 11 is 0. The van der Waals surface area contributed by atoms with E-state index in [1.165, 1.54) is 0 Å². The molecule has 1 aromatic heterocycles. The fraction of sp³-hybridized carbons (Fsp3) is 0.545. The van der Waals surface area contributed by atoms with Gasteiger partial charge in [0.05, 0.1) is 23.0 Å². The molecule has 0 saturated heterocycles. The summed E-state index contributed by atoms with van der Waals surface area (Å²) in [6.45, 7) is 7.40. The predicted molar refractivity (Wildman–Crippen MR) is 62.6 cm³/mol. The summed E-state index contributed by atoms with van der Waals surface area (Å²) in [6, 6.07) is 3.57. The molecule has 0 aliphatic heterocycles. The summed E-state index contributed by atoms with van der Waals surface area (Å²) in [5.74, 6) is 0.488. The largest absolute Gasteiger partial charge is 0.388 e. The first-order valence-electron chi connectivity index (χ1n) is 4.94. The average molecular weight is 209 g/mol. The van der Waals surface area contributed by atoms with Crippen molar-refractivity contribution in [1.29, 1.82) is 0 Å². The van der Waals surface area contributed by atoms with Gasteiger partial charge in [-0.2, -0.15) is 0 Å². The molecule has 0 fully saturated rings. The Morgan fingerprint density at radius 1 is 1.27 bits per heavy atom. The zero-order chi connectivity index (χ0) is 11.7. The van der Waals surface area contributed by atoms with Gasteiger partial charge in [0.25, 0.3) is 0 Å². The first kappa shape index (κ1) is 11.8. The molecular weight excluding hydrogens is 190 g/mol. The summed E-state index contributed by atoms with van der Waals surface area (Å²) in [5.41, 5.74) is 5.07. The fourth-order valence-corrected chi connectivity index (χ4v) is 0.993. The lowest BCUT2D eigenvalue weighted by Crippen LogP contribution is -2.51. The third-order valence-electron chi connectivity index (χ3n) is 2.77. The van der Waals surface area contributed by atoms with Crippen LogP contribution >= 0.6 is 0 Å². The quantitative estimate of drug-likeness (QED) is 0.707. The maximum atomic E-state index is 9.95. The van der Waals surface area contributed by atoms with Gasteiger partial charge in [0, 0.05) is 0 Å². The van der Waals surface area contributed by atoms with Crippen molar-refractivity contribution >= 4 is 11.5 Å². The molecule has 0 amide bonds. The maximum Gasteiger partial charge on any atom is 0.123 e. The first-order chi connectivity index (χ1) is 6.72. The lowest BCUT2D eigenvalue weighted by Gasteiger charge is -2.38. The lowest BCUT2D eigenvalue weighted by molar-refractivity contribution is 0.0240. The van der Waals surface area contributed by atoms with Crippen molar-refractivity contribution in [3.05, 3.63) is 18.3 Å². The molecule has 0 spiro atoms. The van der Waals surface area contributed by atoms with Gasteiger partial charge in [0.15, 0.2) is 0 Å². The molecule has 0 bridgehead atoms. The van der Waals surface area contributed by atoms with E-state index >= 15 is 0 Å². The minimum absolute atomic E-state index is 0.440. The minimum atomic E-state index is -0.825. The second-order valence-corrected chi connectivity index (χ2v) is 4.78. The number of hydrogen-bond donors (Lipinski definition) is 3. The highest BCUT2D eigenvalue weighted by Gasteiger charge is 2.34. The molecule has 84 valence electrons. The van der Waals surface area contributed by atoms with Gasteiger partial charge < -0.3 is 16.2 Å². The Kier molecular flexibility index (Phi) is 2.90. The summed E-state index contributed by atoms with van der Waals surface area (Å²) in [6.07, 6.45) is 1.66. The summed E-state index contributed by atoms with van der Waals surface area (Å²) < 4.78 is 0. The SMILES string of the molecule is CC(C)(O)C(C)(C)Nc1ccc(N)nc1. The zero-order valence-corrected chi connectivity index (χ0v) is 9.70. The van der Waals surface area contributed by atoms with Crippen LogP contribution in [0.5, 0.6) is 0 Å². The Labute approximate surface area is 90.5 Å². The second-order valence-electron chi connectivity index (χ2n) is 4.78. The third kappa shape index (κ3) is 2.83. The Balaban J connectivity index is 2.82. The molecule has 1 aromatic rings. The zero-order valence-electron chi connectivity index (χ0n) is 9.70. The predicted octanol–water partition coefficient (Wildman–Crippen LogP) is 1.63. The molecule has 0 radical (unpaired) electrons. The van der Waals surface area contributed by atoms with Gasteiger partial charge in [-0.25, -0.2) is 4.98 Å². The highest BCUT2D eigenvalue weighted by atomic mass is 16.3. The van der Waals surface area contributed by atoms with E-state index in [1.54, 1.807) is 26.1 Å². The number of rotatable bonds is 3. The van der Waals surface area contributed by atoms with Gasteiger partial charge in [-0.15, -0.1) is 0 Å². The highest BCUT2D eigenvalue weighted by Crippen LogP contribution is 2.25. The molecule has 4 nitrogen and oxygen atoms in total. The van der Waals surface area contributed by atoms with Crippen molar-refractivity contribution in [2.24, 2.45) is 0 Å². The number of anilines is 2. The normalized spacial score (nSPS) is 12.6. The van der Waals surface area contributed by atoms with E-state index in [-0.39, 0.29) is 0 Å². The van der Waals surface area contributed by atoms with Crippen LogP contribution in [0.3, 0.4) is 0 Å². The van der Waals surface area contributed by atoms with Gasteiger partial charge in [-0.05, 0) is 39.8 Å².